The molecule has 0 atom stereocenters. The molecule has 1 saturated heterocycles. The molecule has 1 heterocycles. The van der Waals surface area contributed by atoms with Crippen molar-refractivity contribution in [1.29, 1.82) is 0 Å². The van der Waals surface area contributed by atoms with E-state index in [1.165, 1.54) is 9.80 Å². The van der Waals surface area contributed by atoms with E-state index in [2.05, 4.69) is 0 Å². The number of likely N-dealkylation sites (N-methyl/N-ethyl adjacent to an activating group) is 1. The van der Waals surface area contributed by atoms with Gasteiger partial charge in [-0.3, -0.25) is 9.59 Å². The van der Waals surface area contributed by atoms with Crippen molar-refractivity contribution >= 4 is 17.5 Å². The number of piperazine rings is 1. The summed E-state index contributed by atoms with van der Waals surface area (Å²) in [6, 6.07) is 7.22. The SMILES string of the molecule is CC(C)Oc1ccc(N2CCN(C)C(=O)C2=O)cc1. The Labute approximate surface area is 112 Å². The van der Waals surface area contributed by atoms with Crippen molar-refractivity contribution in [3.8, 4) is 5.75 Å². The van der Waals surface area contributed by atoms with E-state index in [1.54, 1.807) is 19.2 Å². The molecule has 0 aromatic heterocycles. The maximum atomic E-state index is 11.9. The summed E-state index contributed by atoms with van der Waals surface area (Å²) in [6.45, 7) is 4.98. The monoisotopic (exact) mass is 262 g/mol. The number of nitrogens with zero attached hydrogens (tertiary/aromatic N) is 2. The van der Waals surface area contributed by atoms with Gasteiger partial charge in [-0.15, -0.1) is 0 Å². The third-order valence-electron chi connectivity index (χ3n) is 2.95. The zero-order chi connectivity index (χ0) is 14.0. The van der Waals surface area contributed by atoms with Crippen molar-refractivity contribution in [3.63, 3.8) is 0 Å². The Bertz CT molecular complexity index is 482. The van der Waals surface area contributed by atoms with E-state index < -0.39 is 11.8 Å². The smallest absolute Gasteiger partial charge is 0.316 e. The molecule has 1 aliphatic rings. The molecule has 5 nitrogen and oxygen atoms in total. The van der Waals surface area contributed by atoms with Gasteiger partial charge in [0.15, 0.2) is 0 Å². The number of ether oxygens (including phenoxy) is 1. The first-order chi connectivity index (χ1) is 8.99. The van der Waals surface area contributed by atoms with Crippen LogP contribution in [0.15, 0.2) is 24.3 Å². The van der Waals surface area contributed by atoms with Gasteiger partial charge in [0.05, 0.1) is 6.10 Å². The second-order valence-corrected chi connectivity index (χ2v) is 4.84. The Hall–Kier alpha value is -2.04. The predicted molar refractivity (Wildman–Crippen MR) is 72.2 cm³/mol. The van der Waals surface area contributed by atoms with E-state index in [9.17, 15) is 9.59 Å². The van der Waals surface area contributed by atoms with Crippen LogP contribution in [0.2, 0.25) is 0 Å². The van der Waals surface area contributed by atoms with Gasteiger partial charge in [-0.25, -0.2) is 0 Å². The molecule has 0 unspecified atom stereocenters. The van der Waals surface area contributed by atoms with E-state index >= 15 is 0 Å². The fourth-order valence-electron chi connectivity index (χ4n) is 1.95. The van der Waals surface area contributed by atoms with Crippen molar-refractivity contribution in [3.05, 3.63) is 24.3 Å². The summed E-state index contributed by atoms with van der Waals surface area (Å²) in [5, 5.41) is 0. The zero-order valence-corrected chi connectivity index (χ0v) is 11.4. The molecule has 0 radical (unpaired) electrons. The molecular weight excluding hydrogens is 244 g/mol. The number of anilines is 1. The summed E-state index contributed by atoms with van der Waals surface area (Å²) in [5.74, 6) is -0.188. The highest BCUT2D eigenvalue weighted by Gasteiger charge is 2.31. The molecule has 0 bridgehead atoms. The quantitative estimate of drug-likeness (QED) is 0.771. The van der Waals surface area contributed by atoms with Crippen molar-refractivity contribution in [2.75, 3.05) is 25.0 Å². The van der Waals surface area contributed by atoms with Gasteiger partial charge in [0.25, 0.3) is 0 Å². The highest BCUT2D eigenvalue weighted by Crippen LogP contribution is 2.22. The van der Waals surface area contributed by atoms with Crippen molar-refractivity contribution in [2.45, 2.75) is 20.0 Å². The van der Waals surface area contributed by atoms with Gasteiger partial charge in [0.2, 0.25) is 0 Å². The van der Waals surface area contributed by atoms with Crippen molar-refractivity contribution in [1.82, 2.24) is 4.90 Å². The standard InChI is InChI=1S/C14H18N2O3/c1-10(2)19-12-6-4-11(5-7-12)16-9-8-15(3)13(17)14(16)18/h4-7,10H,8-9H2,1-3H3. The lowest BCUT2D eigenvalue weighted by Crippen LogP contribution is -2.52. The molecule has 0 spiro atoms. The minimum Gasteiger partial charge on any atom is -0.491 e. The van der Waals surface area contributed by atoms with Crippen LogP contribution in [0.4, 0.5) is 5.69 Å². The van der Waals surface area contributed by atoms with Crippen LogP contribution in [0.5, 0.6) is 5.75 Å². The van der Waals surface area contributed by atoms with Crippen LogP contribution < -0.4 is 9.64 Å². The van der Waals surface area contributed by atoms with Crippen LogP contribution in [-0.2, 0) is 9.59 Å². The van der Waals surface area contributed by atoms with Crippen LogP contribution in [0, 0.1) is 0 Å². The molecule has 0 N–H and O–H groups in total. The van der Waals surface area contributed by atoms with E-state index in [0.717, 1.165) is 11.4 Å². The van der Waals surface area contributed by atoms with Crippen molar-refractivity contribution in [2.24, 2.45) is 0 Å². The molecule has 0 saturated carbocycles. The normalized spacial score (nSPS) is 16.2. The molecule has 1 fully saturated rings. The third kappa shape index (κ3) is 2.86. The molecule has 1 aromatic carbocycles. The third-order valence-corrected chi connectivity index (χ3v) is 2.95. The number of carbonyl (C=O) groups excluding carboxylic acids is 2. The van der Waals surface area contributed by atoms with Crippen LogP contribution in [-0.4, -0.2) is 43.0 Å². The Balaban J connectivity index is 2.14. The summed E-state index contributed by atoms with van der Waals surface area (Å²) < 4.78 is 5.54. The summed E-state index contributed by atoms with van der Waals surface area (Å²) in [5.41, 5.74) is 0.725. The molecule has 1 aliphatic heterocycles. The van der Waals surface area contributed by atoms with Crippen LogP contribution >= 0.6 is 0 Å². The summed E-state index contributed by atoms with van der Waals surface area (Å²) in [6.07, 6.45) is 0.109. The first-order valence-electron chi connectivity index (χ1n) is 6.32. The number of benzene rings is 1. The van der Waals surface area contributed by atoms with E-state index in [0.29, 0.717) is 13.1 Å². The number of carbonyl (C=O) groups is 2. The minimum absolute atomic E-state index is 0.109. The fourth-order valence-corrected chi connectivity index (χ4v) is 1.95. The average molecular weight is 262 g/mol. The maximum absolute atomic E-state index is 11.9. The van der Waals surface area contributed by atoms with E-state index in [-0.39, 0.29) is 6.10 Å². The first-order valence-corrected chi connectivity index (χ1v) is 6.32. The Morgan fingerprint density at radius 3 is 2.26 bits per heavy atom. The van der Waals surface area contributed by atoms with Crippen LogP contribution in [0.25, 0.3) is 0 Å². The number of hydrogen-bond donors (Lipinski definition) is 0. The Morgan fingerprint density at radius 1 is 1.05 bits per heavy atom. The largest absolute Gasteiger partial charge is 0.491 e. The highest BCUT2D eigenvalue weighted by molar-refractivity contribution is 6.40. The maximum Gasteiger partial charge on any atom is 0.316 e. The van der Waals surface area contributed by atoms with E-state index in [1.807, 2.05) is 26.0 Å². The molecular formula is C14H18N2O3. The van der Waals surface area contributed by atoms with Crippen LogP contribution in [0.1, 0.15) is 13.8 Å². The Morgan fingerprint density at radius 2 is 1.68 bits per heavy atom. The molecule has 102 valence electrons. The summed E-state index contributed by atoms with van der Waals surface area (Å²) >= 11 is 0. The van der Waals surface area contributed by atoms with Gasteiger partial charge in [-0.1, -0.05) is 0 Å². The number of amides is 2. The number of rotatable bonds is 3. The lowest BCUT2D eigenvalue weighted by atomic mass is 10.2. The molecule has 2 amide bonds. The second kappa shape index (κ2) is 5.30. The van der Waals surface area contributed by atoms with Gasteiger partial charge >= 0.3 is 11.8 Å². The second-order valence-electron chi connectivity index (χ2n) is 4.84. The average Bonchev–Trinajstić information content (AvgIpc) is 2.37. The Kier molecular flexibility index (Phi) is 3.74. The minimum atomic E-state index is -0.480. The fraction of sp³-hybridized carbons (Fsp3) is 0.429. The van der Waals surface area contributed by atoms with Gasteiger partial charge < -0.3 is 14.5 Å². The lowest BCUT2D eigenvalue weighted by molar-refractivity contribution is -0.145. The van der Waals surface area contributed by atoms with Gasteiger partial charge in [-0.2, -0.15) is 0 Å². The first kappa shape index (κ1) is 13.4. The molecule has 0 aliphatic carbocycles. The van der Waals surface area contributed by atoms with Gasteiger partial charge in [0, 0.05) is 25.8 Å². The molecule has 5 heteroatoms. The topological polar surface area (TPSA) is 49.9 Å². The summed E-state index contributed by atoms with van der Waals surface area (Å²) in [7, 11) is 1.64. The molecule has 1 aromatic rings. The number of hydrogen-bond acceptors (Lipinski definition) is 3. The molecule has 19 heavy (non-hydrogen) atoms. The van der Waals surface area contributed by atoms with Gasteiger partial charge in [-0.05, 0) is 38.1 Å². The predicted octanol–water partition coefficient (Wildman–Crippen LogP) is 1.28. The van der Waals surface area contributed by atoms with E-state index in [4.69, 9.17) is 4.74 Å². The van der Waals surface area contributed by atoms with Crippen molar-refractivity contribution < 1.29 is 14.3 Å². The van der Waals surface area contributed by atoms with Crippen LogP contribution in [0.3, 0.4) is 0 Å². The van der Waals surface area contributed by atoms with Gasteiger partial charge in [0.1, 0.15) is 5.75 Å². The summed E-state index contributed by atoms with van der Waals surface area (Å²) in [4.78, 5) is 26.5. The zero-order valence-electron chi connectivity index (χ0n) is 11.4. The lowest BCUT2D eigenvalue weighted by Gasteiger charge is -2.31. The molecule has 2 rings (SSSR count). The highest BCUT2D eigenvalue weighted by atomic mass is 16.5.